The van der Waals surface area contributed by atoms with Gasteiger partial charge in [-0.2, -0.15) is 5.26 Å². The Hall–Kier alpha value is -1.08. The molecule has 4 nitrogen and oxygen atoms in total. The zero-order valence-corrected chi connectivity index (χ0v) is 8.26. The van der Waals surface area contributed by atoms with Crippen LogP contribution in [-0.4, -0.2) is 25.0 Å². The molecule has 0 aromatic rings. The lowest BCUT2D eigenvalue weighted by Crippen LogP contribution is -2.35. The predicted molar refractivity (Wildman–Crippen MR) is 51.0 cm³/mol. The molecule has 0 rings (SSSR count). The number of carbonyl (C=O) groups is 1. The molecule has 0 aliphatic carbocycles. The van der Waals surface area contributed by atoms with Crippen LogP contribution < -0.4 is 10.6 Å². The second-order valence-corrected chi connectivity index (χ2v) is 2.79. The van der Waals surface area contributed by atoms with Crippen molar-refractivity contribution < 1.29 is 4.79 Å². The highest BCUT2D eigenvalue weighted by Gasteiger charge is 2.10. The van der Waals surface area contributed by atoms with Gasteiger partial charge in [-0.15, -0.1) is 0 Å². The quantitative estimate of drug-likeness (QED) is 0.626. The Bertz CT molecular complexity index is 186. The largest absolute Gasteiger partial charge is 0.356 e. The number of nitrogens with one attached hydrogen (secondary N) is 2. The fraction of sp³-hybridized carbons (Fsp3) is 0.778. The van der Waals surface area contributed by atoms with Crippen LogP contribution >= 0.6 is 0 Å². The summed E-state index contributed by atoms with van der Waals surface area (Å²) >= 11 is 0. The summed E-state index contributed by atoms with van der Waals surface area (Å²) in [5, 5.41) is 14.3. The van der Waals surface area contributed by atoms with E-state index in [1.807, 2.05) is 13.8 Å². The molecule has 1 amide bonds. The molecule has 0 aromatic heterocycles. The lowest BCUT2D eigenvalue weighted by Gasteiger charge is -2.09. The Morgan fingerprint density at radius 1 is 1.54 bits per heavy atom. The summed E-state index contributed by atoms with van der Waals surface area (Å²) in [6.45, 7) is 5.27. The molecule has 0 fully saturated rings. The highest BCUT2D eigenvalue weighted by Crippen LogP contribution is 1.90. The fourth-order valence-electron chi connectivity index (χ4n) is 0.937. The van der Waals surface area contributed by atoms with Gasteiger partial charge in [0.2, 0.25) is 5.91 Å². The molecule has 4 heteroatoms. The highest BCUT2D eigenvalue weighted by molar-refractivity contribution is 5.76. The van der Waals surface area contributed by atoms with Crippen molar-refractivity contribution in [3.63, 3.8) is 0 Å². The van der Waals surface area contributed by atoms with Crippen molar-refractivity contribution in [3.8, 4) is 6.07 Å². The van der Waals surface area contributed by atoms with E-state index in [0.717, 1.165) is 13.0 Å². The van der Waals surface area contributed by atoms with Crippen molar-refractivity contribution in [1.29, 1.82) is 5.26 Å². The van der Waals surface area contributed by atoms with Gasteiger partial charge in [-0.3, -0.25) is 4.79 Å². The van der Waals surface area contributed by atoms with Crippen LogP contribution in [0.2, 0.25) is 0 Å². The molecular weight excluding hydrogens is 166 g/mol. The Balaban J connectivity index is 3.71. The maximum absolute atomic E-state index is 11.1. The number of carbonyl (C=O) groups excluding carboxylic acids is 1. The molecule has 13 heavy (non-hydrogen) atoms. The summed E-state index contributed by atoms with van der Waals surface area (Å²) < 4.78 is 0. The Labute approximate surface area is 79.3 Å². The van der Waals surface area contributed by atoms with E-state index in [1.54, 1.807) is 0 Å². The number of nitrogens with zero attached hydrogens (tertiary/aromatic N) is 1. The van der Waals surface area contributed by atoms with Crippen LogP contribution in [0.1, 0.15) is 26.7 Å². The molecule has 1 atom stereocenters. The molecule has 0 aliphatic rings. The van der Waals surface area contributed by atoms with Crippen LogP contribution in [0.25, 0.3) is 0 Å². The van der Waals surface area contributed by atoms with Crippen LogP contribution in [0.15, 0.2) is 0 Å². The first-order valence-electron chi connectivity index (χ1n) is 4.64. The minimum absolute atomic E-state index is 0.0716. The third-order valence-corrected chi connectivity index (χ3v) is 1.56. The second kappa shape index (κ2) is 7.56. The number of hydrogen-bond donors (Lipinski definition) is 2. The van der Waals surface area contributed by atoms with Gasteiger partial charge in [0.15, 0.2) is 0 Å². The zero-order valence-electron chi connectivity index (χ0n) is 8.26. The van der Waals surface area contributed by atoms with Crippen molar-refractivity contribution in [2.45, 2.75) is 32.7 Å². The van der Waals surface area contributed by atoms with E-state index in [2.05, 4.69) is 16.7 Å². The fourth-order valence-corrected chi connectivity index (χ4v) is 0.937. The highest BCUT2D eigenvalue weighted by atomic mass is 16.1. The maximum Gasteiger partial charge on any atom is 0.222 e. The summed E-state index contributed by atoms with van der Waals surface area (Å²) in [6.07, 6.45) is 1.21. The first kappa shape index (κ1) is 11.9. The minimum Gasteiger partial charge on any atom is -0.356 e. The van der Waals surface area contributed by atoms with E-state index in [1.165, 1.54) is 0 Å². The zero-order chi connectivity index (χ0) is 10.1. The lowest BCUT2D eigenvalue weighted by molar-refractivity contribution is -0.121. The molecule has 2 N–H and O–H groups in total. The normalized spacial score (nSPS) is 11.8. The van der Waals surface area contributed by atoms with Gasteiger partial charge in [0, 0.05) is 6.54 Å². The monoisotopic (exact) mass is 183 g/mol. The average Bonchev–Trinajstić information content (AvgIpc) is 2.12. The van der Waals surface area contributed by atoms with Crippen LogP contribution in [-0.2, 0) is 4.79 Å². The van der Waals surface area contributed by atoms with Gasteiger partial charge in [0.25, 0.3) is 0 Å². The smallest absolute Gasteiger partial charge is 0.222 e. The molecule has 0 spiro atoms. The van der Waals surface area contributed by atoms with Crippen LogP contribution in [0.3, 0.4) is 0 Å². The van der Waals surface area contributed by atoms with Crippen LogP contribution in [0, 0.1) is 11.3 Å². The van der Waals surface area contributed by atoms with Crippen molar-refractivity contribution in [2.24, 2.45) is 0 Å². The van der Waals surface area contributed by atoms with Crippen LogP contribution in [0.5, 0.6) is 0 Å². The van der Waals surface area contributed by atoms with E-state index in [9.17, 15) is 4.79 Å². The molecular formula is C9H17N3O. The summed E-state index contributed by atoms with van der Waals surface area (Å²) in [5.74, 6) is -0.0716. The predicted octanol–water partition coefficient (Wildman–Crippen LogP) is 0.404. The lowest BCUT2D eigenvalue weighted by atomic mass is 10.2. The molecule has 0 radical (unpaired) electrons. The second-order valence-electron chi connectivity index (χ2n) is 2.79. The summed E-state index contributed by atoms with van der Waals surface area (Å²) in [6, 6.07) is 1.70. The number of hydrogen-bond acceptors (Lipinski definition) is 3. The Morgan fingerprint density at radius 2 is 2.23 bits per heavy atom. The van der Waals surface area contributed by atoms with E-state index in [4.69, 9.17) is 5.26 Å². The summed E-state index contributed by atoms with van der Waals surface area (Å²) in [5.41, 5.74) is 0. The third kappa shape index (κ3) is 6.12. The van der Waals surface area contributed by atoms with E-state index in [-0.39, 0.29) is 18.4 Å². The van der Waals surface area contributed by atoms with E-state index in [0.29, 0.717) is 6.54 Å². The van der Waals surface area contributed by atoms with Gasteiger partial charge in [-0.1, -0.05) is 6.92 Å². The van der Waals surface area contributed by atoms with Gasteiger partial charge in [0.1, 0.15) is 6.04 Å². The average molecular weight is 183 g/mol. The van der Waals surface area contributed by atoms with E-state index >= 15 is 0 Å². The summed E-state index contributed by atoms with van der Waals surface area (Å²) in [4.78, 5) is 11.1. The van der Waals surface area contributed by atoms with Crippen molar-refractivity contribution >= 4 is 5.91 Å². The molecule has 0 saturated carbocycles. The van der Waals surface area contributed by atoms with Gasteiger partial charge >= 0.3 is 0 Å². The molecule has 74 valence electrons. The van der Waals surface area contributed by atoms with Gasteiger partial charge in [-0.05, 0) is 19.9 Å². The van der Waals surface area contributed by atoms with Gasteiger partial charge in [0.05, 0.1) is 12.5 Å². The number of amides is 1. The van der Waals surface area contributed by atoms with Crippen molar-refractivity contribution in [2.75, 3.05) is 13.1 Å². The topological polar surface area (TPSA) is 64.9 Å². The molecule has 0 aromatic carbocycles. The number of nitriles is 1. The molecule has 0 saturated heterocycles. The standard InChI is InChI=1S/C9H17N3O/c1-3-5-12-8(7-10)6-9(13)11-4-2/h8,12H,3-6H2,1-2H3,(H,11,13). The van der Waals surface area contributed by atoms with Crippen LogP contribution in [0.4, 0.5) is 0 Å². The Morgan fingerprint density at radius 3 is 2.69 bits per heavy atom. The maximum atomic E-state index is 11.1. The first-order valence-corrected chi connectivity index (χ1v) is 4.64. The first-order chi connectivity index (χ1) is 6.24. The van der Waals surface area contributed by atoms with Crippen molar-refractivity contribution in [3.05, 3.63) is 0 Å². The molecule has 0 heterocycles. The van der Waals surface area contributed by atoms with E-state index < -0.39 is 0 Å². The summed E-state index contributed by atoms with van der Waals surface area (Å²) in [7, 11) is 0. The van der Waals surface area contributed by atoms with Crippen molar-refractivity contribution in [1.82, 2.24) is 10.6 Å². The molecule has 0 bridgehead atoms. The minimum atomic E-state index is -0.355. The third-order valence-electron chi connectivity index (χ3n) is 1.56. The SMILES string of the molecule is CCCNC(C#N)CC(=O)NCC. The van der Waals surface area contributed by atoms with Gasteiger partial charge in [-0.25, -0.2) is 0 Å². The molecule has 0 aliphatic heterocycles. The number of rotatable bonds is 6. The molecule has 1 unspecified atom stereocenters. The van der Waals surface area contributed by atoms with Gasteiger partial charge < -0.3 is 10.6 Å². The Kier molecular flexibility index (Phi) is 6.93.